The Morgan fingerprint density at radius 2 is 1.94 bits per heavy atom. The van der Waals surface area contributed by atoms with Gasteiger partial charge in [-0.2, -0.15) is 0 Å². The van der Waals surface area contributed by atoms with Gasteiger partial charge in [0.1, 0.15) is 17.2 Å². The molecule has 1 fully saturated rings. The van der Waals surface area contributed by atoms with E-state index in [1.54, 1.807) is 24.3 Å². The minimum atomic E-state index is -0.631. The molecule has 0 aliphatic carbocycles. The molecule has 34 heavy (non-hydrogen) atoms. The highest BCUT2D eigenvalue weighted by atomic mass is 35.5. The molecular weight excluding hydrogens is 479 g/mol. The molecule has 0 radical (unpaired) electrons. The van der Waals surface area contributed by atoms with Gasteiger partial charge in [0.2, 0.25) is 0 Å². The summed E-state index contributed by atoms with van der Waals surface area (Å²) in [6.45, 7) is 5.02. The number of anilines is 2. The number of carbonyl (C=O) groups excluding carboxylic acids is 1. The summed E-state index contributed by atoms with van der Waals surface area (Å²) in [7, 11) is 1.52. The molecule has 0 saturated carbocycles. The Morgan fingerprint density at radius 3 is 2.68 bits per heavy atom. The number of benzene rings is 2. The van der Waals surface area contributed by atoms with Crippen LogP contribution in [-0.2, 0) is 4.74 Å². The van der Waals surface area contributed by atoms with Crippen LogP contribution in [0.15, 0.2) is 36.4 Å². The third-order valence-electron chi connectivity index (χ3n) is 5.53. The fourth-order valence-electron chi connectivity index (χ4n) is 3.75. The van der Waals surface area contributed by atoms with Crippen molar-refractivity contribution in [3.05, 3.63) is 52.1 Å². The maximum absolute atomic E-state index is 11.9. The largest absolute Gasteiger partial charge is 0.495 e. The third-order valence-corrected chi connectivity index (χ3v) is 6.14. The highest BCUT2D eigenvalue weighted by Gasteiger charge is 2.14. The molecule has 1 aliphatic heterocycles. The second kappa shape index (κ2) is 11.1. The molecule has 180 valence electrons. The molecule has 3 aromatic rings. The van der Waals surface area contributed by atoms with E-state index in [2.05, 4.69) is 15.2 Å². The molecule has 0 bridgehead atoms. The Hall–Kier alpha value is -2.78. The van der Waals surface area contributed by atoms with Gasteiger partial charge in [0.05, 0.1) is 53.9 Å². The molecule has 10 heteroatoms. The fraction of sp³-hybridized carbons (Fsp3) is 0.333. The van der Waals surface area contributed by atoms with E-state index in [1.165, 1.54) is 7.11 Å². The predicted molar refractivity (Wildman–Crippen MR) is 134 cm³/mol. The van der Waals surface area contributed by atoms with Gasteiger partial charge in [0.15, 0.2) is 0 Å². The van der Waals surface area contributed by atoms with E-state index >= 15 is 0 Å². The molecule has 0 spiro atoms. The van der Waals surface area contributed by atoms with Crippen LogP contribution in [0, 0.1) is 0 Å². The first-order valence-electron chi connectivity index (χ1n) is 10.9. The summed E-state index contributed by atoms with van der Waals surface area (Å²) in [5.41, 5.74) is 7.39. The van der Waals surface area contributed by atoms with Crippen LogP contribution in [0.5, 0.6) is 11.5 Å². The minimum Gasteiger partial charge on any atom is -0.495 e. The van der Waals surface area contributed by atoms with E-state index in [-0.39, 0.29) is 5.69 Å². The van der Waals surface area contributed by atoms with Crippen LogP contribution in [-0.4, -0.2) is 62.4 Å². The number of primary amides is 1. The highest BCUT2D eigenvalue weighted by molar-refractivity contribution is 6.37. The van der Waals surface area contributed by atoms with Crippen molar-refractivity contribution in [3.8, 4) is 11.5 Å². The zero-order valence-corrected chi connectivity index (χ0v) is 20.3. The quantitative estimate of drug-likeness (QED) is 0.414. The second-order valence-electron chi connectivity index (χ2n) is 7.85. The van der Waals surface area contributed by atoms with Gasteiger partial charge in [0.25, 0.3) is 5.91 Å². The summed E-state index contributed by atoms with van der Waals surface area (Å²) in [5.74, 6) is 0.533. The van der Waals surface area contributed by atoms with Gasteiger partial charge in [-0.25, -0.2) is 4.98 Å². The van der Waals surface area contributed by atoms with E-state index in [0.29, 0.717) is 45.0 Å². The number of hydrogen-bond acceptors (Lipinski definition) is 7. The van der Waals surface area contributed by atoms with Crippen molar-refractivity contribution in [1.29, 1.82) is 0 Å². The number of aromatic nitrogens is 1. The number of carbonyl (C=O) groups is 1. The predicted octanol–water partition coefficient (Wildman–Crippen LogP) is 4.49. The van der Waals surface area contributed by atoms with Gasteiger partial charge in [-0.1, -0.05) is 23.2 Å². The molecule has 2 aromatic carbocycles. The van der Waals surface area contributed by atoms with E-state index in [0.717, 1.165) is 44.7 Å². The number of ether oxygens (including phenoxy) is 3. The molecule has 4 rings (SSSR count). The lowest BCUT2D eigenvalue weighted by Crippen LogP contribution is -2.37. The van der Waals surface area contributed by atoms with Crippen molar-refractivity contribution < 1.29 is 19.0 Å². The molecule has 8 nitrogen and oxygen atoms in total. The number of fused-ring (bicyclic) bond motifs is 1. The first-order chi connectivity index (χ1) is 16.4. The Morgan fingerprint density at radius 1 is 1.15 bits per heavy atom. The zero-order chi connectivity index (χ0) is 24.1. The summed E-state index contributed by atoms with van der Waals surface area (Å²) in [6, 6.07) is 10.4. The zero-order valence-electron chi connectivity index (χ0n) is 18.8. The van der Waals surface area contributed by atoms with Crippen molar-refractivity contribution in [1.82, 2.24) is 9.88 Å². The number of nitrogens with zero attached hydrogens (tertiary/aromatic N) is 2. The van der Waals surface area contributed by atoms with Crippen LogP contribution >= 0.6 is 23.2 Å². The Labute approximate surface area is 207 Å². The van der Waals surface area contributed by atoms with Gasteiger partial charge >= 0.3 is 0 Å². The Kier molecular flexibility index (Phi) is 7.95. The van der Waals surface area contributed by atoms with E-state index < -0.39 is 5.91 Å². The lowest BCUT2D eigenvalue weighted by atomic mass is 10.1. The maximum atomic E-state index is 11.9. The summed E-state index contributed by atoms with van der Waals surface area (Å²) < 4.78 is 16.7. The number of morpholine rings is 1. The van der Waals surface area contributed by atoms with Crippen molar-refractivity contribution in [3.63, 3.8) is 0 Å². The number of nitrogens with one attached hydrogen (secondary N) is 1. The van der Waals surface area contributed by atoms with Gasteiger partial charge < -0.3 is 25.3 Å². The van der Waals surface area contributed by atoms with E-state index in [1.807, 2.05) is 12.1 Å². The first kappa shape index (κ1) is 24.3. The third kappa shape index (κ3) is 5.82. The fourth-order valence-corrected chi connectivity index (χ4v) is 4.26. The molecule has 0 unspecified atom stereocenters. The van der Waals surface area contributed by atoms with Crippen LogP contribution < -0.4 is 20.5 Å². The first-order valence-corrected chi connectivity index (χ1v) is 11.7. The summed E-state index contributed by atoms with van der Waals surface area (Å²) in [4.78, 5) is 18.6. The van der Waals surface area contributed by atoms with Crippen LogP contribution in [0.25, 0.3) is 10.9 Å². The summed E-state index contributed by atoms with van der Waals surface area (Å²) in [6.07, 6.45) is 0.905. The Bertz CT molecular complexity index is 1190. The maximum Gasteiger partial charge on any atom is 0.267 e. The van der Waals surface area contributed by atoms with Gasteiger partial charge in [-0.15, -0.1) is 0 Å². The van der Waals surface area contributed by atoms with Crippen LogP contribution in [0.4, 0.5) is 11.4 Å². The second-order valence-corrected chi connectivity index (χ2v) is 8.66. The van der Waals surface area contributed by atoms with Crippen molar-refractivity contribution in [2.75, 3.05) is 51.9 Å². The Balaban J connectivity index is 1.57. The van der Waals surface area contributed by atoms with Crippen LogP contribution in [0.2, 0.25) is 10.0 Å². The molecule has 3 N–H and O–H groups in total. The average Bonchev–Trinajstić information content (AvgIpc) is 2.84. The van der Waals surface area contributed by atoms with Gasteiger partial charge in [-0.05, 0) is 36.8 Å². The molecular formula is C24H26Cl2N4O4. The summed E-state index contributed by atoms with van der Waals surface area (Å²) in [5, 5.41) is 4.80. The molecule has 2 heterocycles. The summed E-state index contributed by atoms with van der Waals surface area (Å²) >= 11 is 12.6. The monoisotopic (exact) mass is 504 g/mol. The molecule has 1 amide bonds. The molecule has 1 saturated heterocycles. The smallest absolute Gasteiger partial charge is 0.267 e. The topological polar surface area (TPSA) is 98.9 Å². The number of methoxy groups -OCH3 is 1. The number of nitrogens with two attached hydrogens (primary N) is 1. The van der Waals surface area contributed by atoms with Crippen molar-refractivity contribution >= 4 is 51.4 Å². The molecule has 1 aliphatic rings. The van der Waals surface area contributed by atoms with Gasteiger partial charge in [0, 0.05) is 31.1 Å². The normalized spacial score (nSPS) is 14.2. The average molecular weight is 505 g/mol. The number of hydrogen-bond donors (Lipinski definition) is 2. The molecule has 1 aromatic heterocycles. The van der Waals surface area contributed by atoms with Crippen LogP contribution in [0.3, 0.4) is 0 Å². The number of pyridine rings is 1. The number of amides is 1. The standard InChI is InChI=1S/C24H26Cl2N4O4/c1-32-23-14-21(17(25)12-18(23)26)29-20-13-22(24(27)31)28-19-4-3-15(11-16(19)20)34-8-2-5-30-6-9-33-10-7-30/h3-4,11-14H,2,5-10H2,1H3,(H2,27,31)(H,28,29). The van der Waals surface area contributed by atoms with Gasteiger partial charge in [-0.3, -0.25) is 9.69 Å². The number of halogens is 2. The van der Waals surface area contributed by atoms with E-state index in [4.69, 9.17) is 43.1 Å². The van der Waals surface area contributed by atoms with E-state index in [9.17, 15) is 4.79 Å². The number of rotatable bonds is 9. The highest BCUT2D eigenvalue weighted by Crippen LogP contribution is 2.37. The van der Waals surface area contributed by atoms with Crippen LogP contribution in [0.1, 0.15) is 16.9 Å². The lowest BCUT2D eigenvalue weighted by Gasteiger charge is -2.26. The van der Waals surface area contributed by atoms with Crippen molar-refractivity contribution in [2.24, 2.45) is 5.73 Å². The lowest BCUT2D eigenvalue weighted by molar-refractivity contribution is 0.0358. The minimum absolute atomic E-state index is 0.131. The van der Waals surface area contributed by atoms with Crippen molar-refractivity contribution in [2.45, 2.75) is 6.42 Å². The SMILES string of the molecule is COc1cc(Nc2cc(C(N)=O)nc3ccc(OCCCN4CCOCC4)cc23)c(Cl)cc1Cl. The molecule has 0 atom stereocenters.